The van der Waals surface area contributed by atoms with Crippen LogP contribution in [0.1, 0.15) is 74.8 Å². The average molecular weight is 847 g/mol. The van der Waals surface area contributed by atoms with Crippen molar-refractivity contribution >= 4 is 17.3 Å². The van der Waals surface area contributed by atoms with Gasteiger partial charge in [-0.3, -0.25) is 19.8 Å². The molecule has 6 atom stereocenters. The van der Waals surface area contributed by atoms with E-state index in [9.17, 15) is 30.2 Å². The minimum atomic E-state index is -1.40. The zero-order chi connectivity index (χ0) is 42.8. The number of hydrogen-bond acceptors (Lipinski definition) is 13. The van der Waals surface area contributed by atoms with Gasteiger partial charge in [0.15, 0.2) is 0 Å². The van der Waals surface area contributed by atoms with Crippen molar-refractivity contribution in [3.8, 4) is 11.5 Å². The molecule has 2 heterocycles. The Bertz CT molecular complexity index is 1870. The van der Waals surface area contributed by atoms with Gasteiger partial charge in [-0.05, 0) is 91.8 Å². The fourth-order valence-electron chi connectivity index (χ4n) is 9.54. The summed E-state index contributed by atoms with van der Waals surface area (Å²) < 4.78 is 26.5. The molecule has 2 aliphatic heterocycles. The highest BCUT2D eigenvalue weighted by molar-refractivity contribution is 6.03. The van der Waals surface area contributed by atoms with Crippen LogP contribution in [0, 0.1) is 33.8 Å². The number of non-ortho nitro benzene ring substituents is 1. The van der Waals surface area contributed by atoms with E-state index in [1.54, 1.807) is 18.2 Å². The number of benzene rings is 2. The van der Waals surface area contributed by atoms with Crippen LogP contribution in [0.4, 0.5) is 5.69 Å². The number of nitro benzene ring substituents is 1. The molecule has 3 aliphatic carbocycles. The predicted molar refractivity (Wildman–Crippen MR) is 227 cm³/mol. The molecule has 2 saturated carbocycles. The first-order valence-electron chi connectivity index (χ1n) is 22.1. The van der Waals surface area contributed by atoms with Crippen LogP contribution in [0.2, 0.25) is 0 Å². The number of unbranched alkanes of at least 4 members (excludes halogenated alkanes) is 2. The van der Waals surface area contributed by atoms with Crippen molar-refractivity contribution in [1.29, 1.82) is 0 Å². The number of fused-ring (bicyclic) bond motifs is 2. The quantitative estimate of drug-likeness (QED) is 0.0362. The lowest BCUT2D eigenvalue weighted by atomic mass is 9.55. The number of nitrogens with zero attached hydrogens (tertiary/aromatic N) is 4. The maximum absolute atomic E-state index is 14.6. The SMILES string of the molecule is C=CCO[C@@]12Oc3ccc(OCCN4CC4)cc3[C@H]3[C@H](CCCCO)[C@@H](CCCCO)C=C(C(=NOCc4ccc([N+](=O)[O-])cc4)C[C@@H]1N(CCOCCO)C(=O)C1CC1)[C@H]32. The molecule has 332 valence electrons. The minimum Gasteiger partial charge on any atom is -0.492 e. The second-order valence-electron chi connectivity index (χ2n) is 16.8. The summed E-state index contributed by atoms with van der Waals surface area (Å²) in [5, 5.41) is 45.6. The molecule has 5 aliphatic rings. The van der Waals surface area contributed by atoms with E-state index >= 15 is 0 Å². The monoisotopic (exact) mass is 846 g/mol. The van der Waals surface area contributed by atoms with Gasteiger partial charge in [-0.2, -0.15) is 0 Å². The molecule has 15 nitrogen and oxygen atoms in total. The van der Waals surface area contributed by atoms with Crippen molar-refractivity contribution in [2.24, 2.45) is 28.8 Å². The van der Waals surface area contributed by atoms with Crippen molar-refractivity contribution in [2.45, 2.75) is 82.1 Å². The van der Waals surface area contributed by atoms with Gasteiger partial charge in [0.05, 0.1) is 43.0 Å². The van der Waals surface area contributed by atoms with Crippen LogP contribution in [0.15, 0.2) is 71.9 Å². The summed E-state index contributed by atoms with van der Waals surface area (Å²) in [5.41, 5.74) is 3.24. The van der Waals surface area contributed by atoms with E-state index in [-0.39, 0.29) is 94.5 Å². The maximum Gasteiger partial charge on any atom is 0.269 e. The smallest absolute Gasteiger partial charge is 0.269 e. The highest BCUT2D eigenvalue weighted by Gasteiger charge is 2.66. The number of amides is 1. The molecular weight excluding hydrogens is 785 g/mol. The number of carbonyl (C=O) groups is 1. The Labute approximate surface area is 358 Å². The van der Waals surface area contributed by atoms with E-state index in [0.717, 1.165) is 75.0 Å². The Hall–Kier alpha value is -4.38. The van der Waals surface area contributed by atoms with Crippen LogP contribution in [0.3, 0.4) is 0 Å². The first kappa shape index (κ1) is 44.7. The lowest BCUT2D eigenvalue weighted by Gasteiger charge is -2.60. The number of ether oxygens (including phenoxy) is 4. The number of oxime groups is 1. The summed E-state index contributed by atoms with van der Waals surface area (Å²) in [4.78, 5) is 35.8. The summed E-state index contributed by atoms with van der Waals surface area (Å²) >= 11 is 0. The topological polar surface area (TPSA) is 186 Å². The maximum atomic E-state index is 14.6. The van der Waals surface area contributed by atoms with Gasteiger partial charge < -0.3 is 44.0 Å². The third kappa shape index (κ3) is 10.6. The third-order valence-corrected chi connectivity index (χ3v) is 12.7. The van der Waals surface area contributed by atoms with E-state index in [1.807, 2.05) is 17.0 Å². The lowest BCUT2D eigenvalue weighted by molar-refractivity contribution is -0.384. The Morgan fingerprint density at radius 1 is 1.02 bits per heavy atom. The van der Waals surface area contributed by atoms with Crippen molar-refractivity contribution in [3.05, 3.63) is 88.0 Å². The van der Waals surface area contributed by atoms with Gasteiger partial charge in [-0.15, -0.1) is 6.58 Å². The average Bonchev–Trinajstić information content (AvgIpc) is 4.21. The van der Waals surface area contributed by atoms with E-state index in [1.165, 1.54) is 12.1 Å². The minimum absolute atomic E-state index is 0.0176. The predicted octanol–water partition coefficient (Wildman–Crippen LogP) is 5.37. The van der Waals surface area contributed by atoms with Gasteiger partial charge in [-0.25, -0.2) is 0 Å². The molecule has 61 heavy (non-hydrogen) atoms. The molecule has 0 spiro atoms. The van der Waals surface area contributed by atoms with E-state index in [2.05, 4.69) is 23.6 Å². The summed E-state index contributed by atoms with van der Waals surface area (Å²) in [6.45, 7) is 8.37. The molecule has 2 aromatic rings. The molecule has 15 heteroatoms. The number of rotatable bonds is 26. The molecule has 1 saturated heterocycles. The molecule has 0 unspecified atom stereocenters. The van der Waals surface area contributed by atoms with Gasteiger partial charge >= 0.3 is 0 Å². The zero-order valence-corrected chi connectivity index (χ0v) is 35.1. The Balaban J connectivity index is 1.38. The highest BCUT2D eigenvalue weighted by Crippen LogP contribution is 2.62. The second-order valence-corrected chi connectivity index (χ2v) is 16.8. The number of nitro groups is 1. The molecule has 2 aromatic carbocycles. The van der Waals surface area contributed by atoms with Gasteiger partial charge in [0.2, 0.25) is 11.7 Å². The molecular formula is C46H62N4O11. The molecule has 3 N–H and O–H groups in total. The Morgan fingerprint density at radius 3 is 2.48 bits per heavy atom. The standard InChI is InChI=1S/C46H62N4O11/c1-2-24-59-46-42(49(20-25-57-27-23-53)45(54)33-11-12-33)30-40(47-60-31-32-9-13-35(14-10-32)50(55)56)38-28-34(7-3-5-21-51)37(8-4-6-22-52)43(44(38)46)39-29-36(15-16-41(39)61-46)58-26-19-48-17-18-48/h2,9-10,13-16,28-29,33-34,37,42-44,51-53H,1,3-8,11-12,17-27,30-31H2/t34-,37+,42-,43+,44+,46+/m0/s1. The van der Waals surface area contributed by atoms with Gasteiger partial charge in [0.1, 0.15) is 30.8 Å². The summed E-state index contributed by atoms with van der Waals surface area (Å²) in [6.07, 6.45) is 10.3. The second kappa shape index (κ2) is 21.1. The number of aliphatic hydroxyl groups is 3. The van der Waals surface area contributed by atoms with Gasteiger partial charge in [0.25, 0.3) is 5.69 Å². The molecule has 7 rings (SSSR count). The fraction of sp³-hybridized carbons (Fsp3) is 0.609. The third-order valence-electron chi connectivity index (χ3n) is 12.7. The van der Waals surface area contributed by atoms with E-state index in [0.29, 0.717) is 36.5 Å². The summed E-state index contributed by atoms with van der Waals surface area (Å²) in [5.74, 6) is -0.724. The van der Waals surface area contributed by atoms with E-state index < -0.39 is 22.7 Å². The molecule has 0 aromatic heterocycles. The number of hydrogen-bond donors (Lipinski definition) is 3. The Morgan fingerprint density at radius 2 is 1.79 bits per heavy atom. The number of carbonyl (C=O) groups excluding carboxylic acids is 1. The molecule has 0 bridgehead atoms. The summed E-state index contributed by atoms with van der Waals surface area (Å²) in [7, 11) is 0. The van der Waals surface area contributed by atoms with Gasteiger partial charge in [-0.1, -0.05) is 30.1 Å². The normalized spacial score (nSPS) is 25.8. The lowest BCUT2D eigenvalue weighted by Crippen LogP contribution is -2.70. The largest absolute Gasteiger partial charge is 0.492 e. The molecule has 0 radical (unpaired) electrons. The van der Waals surface area contributed by atoms with Crippen LogP contribution < -0.4 is 9.47 Å². The Kier molecular flexibility index (Phi) is 15.5. The first-order valence-corrected chi connectivity index (χ1v) is 22.1. The van der Waals surface area contributed by atoms with Crippen molar-refractivity contribution in [2.75, 3.05) is 72.4 Å². The van der Waals surface area contributed by atoms with Gasteiger partial charge in [0, 0.05) is 75.3 Å². The van der Waals surface area contributed by atoms with E-state index in [4.69, 9.17) is 28.9 Å². The number of allylic oxidation sites excluding steroid dienone is 1. The summed E-state index contributed by atoms with van der Waals surface area (Å²) in [6, 6.07) is 11.5. The van der Waals surface area contributed by atoms with Crippen molar-refractivity contribution in [1.82, 2.24) is 9.80 Å². The van der Waals surface area contributed by atoms with Crippen LogP contribution >= 0.6 is 0 Å². The van der Waals surface area contributed by atoms with Crippen molar-refractivity contribution in [3.63, 3.8) is 0 Å². The van der Waals surface area contributed by atoms with Crippen LogP contribution in [0.5, 0.6) is 11.5 Å². The zero-order valence-electron chi connectivity index (χ0n) is 35.1. The fourth-order valence-corrected chi connectivity index (χ4v) is 9.54. The first-order chi connectivity index (χ1) is 29.8. The van der Waals surface area contributed by atoms with Crippen molar-refractivity contribution < 1.29 is 48.8 Å². The van der Waals surface area contributed by atoms with Crippen LogP contribution in [0.25, 0.3) is 0 Å². The highest BCUT2D eigenvalue weighted by atomic mass is 16.7. The van der Waals surface area contributed by atoms with Crippen LogP contribution in [-0.2, 0) is 25.7 Å². The molecule has 3 fully saturated rings. The number of aliphatic hydroxyl groups excluding tert-OH is 3. The van der Waals surface area contributed by atoms with Crippen LogP contribution in [-0.4, -0.2) is 126 Å². The molecule has 1 amide bonds.